The number of aromatic amines is 1. The highest BCUT2D eigenvalue weighted by Crippen LogP contribution is 2.49. The van der Waals surface area contributed by atoms with Crippen LogP contribution in [0.5, 0.6) is 0 Å². The Morgan fingerprint density at radius 3 is 2.71 bits per heavy atom. The summed E-state index contributed by atoms with van der Waals surface area (Å²) in [5, 5.41) is 11.0. The Hall–Kier alpha value is -1.10. The molecule has 2 saturated carbocycles. The number of rotatable bonds is 4. The van der Waals surface area contributed by atoms with E-state index in [9.17, 15) is 0 Å². The van der Waals surface area contributed by atoms with Gasteiger partial charge in [0.05, 0.1) is 0 Å². The lowest BCUT2D eigenvalue weighted by Crippen LogP contribution is -2.41. The second kappa shape index (κ2) is 5.59. The van der Waals surface area contributed by atoms with Crippen LogP contribution in [0.15, 0.2) is 0 Å². The monoisotopic (exact) mass is 289 g/mol. The van der Waals surface area contributed by atoms with Crippen LogP contribution in [0.1, 0.15) is 44.3 Å². The molecule has 2 bridgehead atoms. The molecule has 0 amide bonds. The van der Waals surface area contributed by atoms with Crippen LogP contribution in [0.2, 0.25) is 0 Å². The maximum Gasteiger partial charge on any atom is 0.244 e. The Kier molecular flexibility index (Phi) is 3.61. The zero-order valence-electron chi connectivity index (χ0n) is 13.0. The summed E-state index contributed by atoms with van der Waals surface area (Å²) >= 11 is 0. The molecule has 5 heteroatoms. The Balaban J connectivity index is 1.35. The zero-order valence-corrected chi connectivity index (χ0v) is 13.0. The van der Waals surface area contributed by atoms with Crippen LogP contribution in [0.3, 0.4) is 0 Å². The van der Waals surface area contributed by atoms with Gasteiger partial charge >= 0.3 is 0 Å². The lowest BCUT2D eigenvalue weighted by atomic mass is 9.86. The Bertz CT molecular complexity index is 477. The van der Waals surface area contributed by atoms with Crippen molar-refractivity contribution in [3.8, 4) is 0 Å². The number of nitrogens with zero attached hydrogens (tertiary/aromatic N) is 3. The molecule has 3 unspecified atom stereocenters. The molecular formula is C16H27N5. The highest BCUT2D eigenvalue weighted by molar-refractivity contribution is 5.29. The first-order valence-corrected chi connectivity index (χ1v) is 8.65. The van der Waals surface area contributed by atoms with Gasteiger partial charge in [-0.3, -0.25) is 5.10 Å². The molecular weight excluding hydrogens is 262 g/mol. The highest BCUT2D eigenvalue weighted by atomic mass is 15.4. The van der Waals surface area contributed by atoms with E-state index in [4.69, 9.17) is 4.98 Å². The molecule has 3 aliphatic rings. The van der Waals surface area contributed by atoms with Crippen LogP contribution in [-0.2, 0) is 6.42 Å². The predicted molar refractivity (Wildman–Crippen MR) is 83.3 cm³/mol. The average molecular weight is 289 g/mol. The fourth-order valence-corrected chi connectivity index (χ4v) is 4.76. The molecule has 0 spiro atoms. The Morgan fingerprint density at radius 1 is 1.19 bits per heavy atom. The second-order valence-corrected chi connectivity index (χ2v) is 7.27. The first-order valence-electron chi connectivity index (χ1n) is 8.65. The quantitative estimate of drug-likeness (QED) is 0.890. The van der Waals surface area contributed by atoms with Gasteiger partial charge in [-0.2, -0.15) is 4.98 Å². The van der Waals surface area contributed by atoms with Crippen LogP contribution in [0.4, 0.5) is 5.95 Å². The minimum atomic E-state index is 0.661. The predicted octanol–water partition coefficient (Wildman–Crippen LogP) is 1.97. The molecule has 2 N–H and O–H groups in total. The minimum absolute atomic E-state index is 0.661. The normalized spacial score (nSPS) is 33.0. The van der Waals surface area contributed by atoms with E-state index in [0.717, 1.165) is 49.0 Å². The van der Waals surface area contributed by atoms with Gasteiger partial charge in [-0.25, -0.2) is 0 Å². The molecule has 0 aromatic carbocycles. The van der Waals surface area contributed by atoms with Gasteiger partial charge in [0.2, 0.25) is 5.95 Å². The lowest BCUT2D eigenvalue weighted by molar-refractivity contribution is 0.327. The van der Waals surface area contributed by atoms with Crippen molar-refractivity contribution < 1.29 is 0 Å². The summed E-state index contributed by atoms with van der Waals surface area (Å²) in [6.07, 6.45) is 9.31. The van der Waals surface area contributed by atoms with Crippen molar-refractivity contribution in [3.63, 3.8) is 0 Å². The SMILES string of the molecule is CNC1CCN(c2n[nH]c(CC3CC4CCC3C4)n2)CC1. The van der Waals surface area contributed by atoms with Crippen LogP contribution < -0.4 is 10.2 Å². The first-order chi connectivity index (χ1) is 10.3. The van der Waals surface area contributed by atoms with Crippen LogP contribution in [0.25, 0.3) is 0 Å². The molecule has 1 aromatic heterocycles. The lowest BCUT2D eigenvalue weighted by Gasteiger charge is -2.30. The van der Waals surface area contributed by atoms with E-state index in [0.29, 0.717) is 6.04 Å². The fourth-order valence-electron chi connectivity index (χ4n) is 4.76. The summed E-state index contributed by atoms with van der Waals surface area (Å²) in [7, 11) is 2.06. The first kappa shape index (κ1) is 13.6. The maximum absolute atomic E-state index is 4.77. The molecule has 3 atom stereocenters. The zero-order chi connectivity index (χ0) is 14.2. The number of hydrogen-bond donors (Lipinski definition) is 2. The summed E-state index contributed by atoms with van der Waals surface area (Å²) in [5.74, 6) is 4.87. The van der Waals surface area contributed by atoms with E-state index >= 15 is 0 Å². The van der Waals surface area contributed by atoms with Gasteiger partial charge in [0.1, 0.15) is 5.82 Å². The number of nitrogens with one attached hydrogen (secondary N) is 2. The number of hydrogen-bond acceptors (Lipinski definition) is 4. The summed E-state index contributed by atoms with van der Waals surface area (Å²) in [4.78, 5) is 7.10. The molecule has 1 aromatic rings. The van der Waals surface area contributed by atoms with E-state index in [1.165, 1.54) is 38.5 Å². The minimum Gasteiger partial charge on any atom is -0.339 e. The summed E-state index contributed by atoms with van der Waals surface area (Å²) in [6.45, 7) is 2.13. The molecule has 1 aliphatic heterocycles. The summed E-state index contributed by atoms with van der Waals surface area (Å²) < 4.78 is 0. The third-order valence-corrected chi connectivity index (χ3v) is 6.05. The topological polar surface area (TPSA) is 56.8 Å². The standard InChI is InChI=1S/C16H27N5/c1-17-14-4-6-21(7-5-14)16-18-15(19-20-16)10-13-9-11-2-3-12(13)8-11/h11-14,17H,2-10H2,1H3,(H,18,19,20). The largest absolute Gasteiger partial charge is 0.339 e. The molecule has 0 radical (unpaired) electrons. The van der Waals surface area contributed by atoms with Crippen molar-refractivity contribution in [2.75, 3.05) is 25.0 Å². The molecule has 116 valence electrons. The van der Waals surface area contributed by atoms with Crippen molar-refractivity contribution in [2.45, 2.75) is 51.0 Å². The number of piperidine rings is 1. The molecule has 21 heavy (non-hydrogen) atoms. The smallest absolute Gasteiger partial charge is 0.244 e. The number of H-pyrrole nitrogens is 1. The maximum atomic E-state index is 4.77. The van der Waals surface area contributed by atoms with E-state index in [1.807, 2.05) is 0 Å². The van der Waals surface area contributed by atoms with Gasteiger partial charge in [0.15, 0.2) is 0 Å². The van der Waals surface area contributed by atoms with Crippen molar-refractivity contribution in [1.82, 2.24) is 20.5 Å². The number of fused-ring (bicyclic) bond motifs is 2. The van der Waals surface area contributed by atoms with E-state index in [2.05, 4.69) is 27.5 Å². The van der Waals surface area contributed by atoms with Gasteiger partial charge in [-0.05, 0) is 56.9 Å². The van der Waals surface area contributed by atoms with Crippen molar-refractivity contribution in [3.05, 3.63) is 5.82 Å². The molecule has 2 heterocycles. The third kappa shape index (κ3) is 2.68. The third-order valence-electron chi connectivity index (χ3n) is 6.05. The van der Waals surface area contributed by atoms with Crippen molar-refractivity contribution in [2.24, 2.45) is 17.8 Å². The van der Waals surface area contributed by atoms with Gasteiger partial charge < -0.3 is 10.2 Å². The van der Waals surface area contributed by atoms with Crippen molar-refractivity contribution in [1.29, 1.82) is 0 Å². The Morgan fingerprint density at radius 2 is 2.05 bits per heavy atom. The van der Waals surface area contributed by atoms with Crippen molar-refractivity contribution >= 4 is 5.95 Å². The molecule has 3 fully saturated rings. The van der Waals surface area contributed by atoms with E-state index < -0.39 is 0 Å². The molecule has 4 rings (SSSR count). The van der Waals surface area contributed by atoms with E-state index in [-0.39, 0.29) is 0 Å². The molecule has 1 saturated heterocycles. The van der Waals surface area contributed by atoms with Crippen LogP contribution in [-0.4, -0.2) is 41.4 Å². The number of aromatic nitrogens is 3. The van der Waals surface area contributed by atoms with Crippen LogP contribution in [0, 0.1) is 17.8 Å². The average Bonchev–Trinajstić information content (AvgIpc) is 3.24. The van der Waals surface area contributed by atoms with Gasteiger partial charge in [0.25, 0.3) is 0 Å². The molecule has 5 nitrogen and oxygen atoms in total. The molecule has 2 aliphatic carbocycles. The number of anilines is 1. The van der Waals surface area contributed by atoms with E-state index in [1.54, 1.807) is 0 Å². The highest BCUT2D eigenvalue weighted by Gasteiger charge is 2.39. The summed E-state index contributed by atoms with van der Waals surface area (Å²) in [6, 6.07) is 0.661. The van der Waals surface area contributed by atoms with Gasteiger partial charge in [-0.15, -0.1) is 5.10 Å². The Labute approximate surface area is 126 Å². The van der Waals surface area contributed by atoms with Crippen LogP contribution >= 0.6 is 0 Å². The summed E-state index contributed by atoms with van der Waals surface area (Å²) in [5.41, 5.74) is 0. The second-order valence-electron chi connectivity index (χ2n) is 7.27. The fraction of sp³-hybridized carbons (Fsp3) is 0.875. The van der Waals surface area contributed by atoms with Gasteiger partial charge in [0, 0.05) is 25.6 Å². The van der Waals surface area contributed by atoms with Gasteiger partial charge in [-0.1, -0.05) is 6.42 Å².